The van der Waals surface area contributed by atoms with Gasteiger partial charge in [0.2, 0.25) is 0 Å². The Hall–Kier alpha value is -1.39. The molecule has 2 aliphatic carbocycles. The minimum Gasteiger partial charge on any atom is -0.302 e. The van der Waals surface area contributed by atoms with Gasteiger partial charge in [0, 0.05) is 23.2 Å². The molecular formula is C25H26IN. The molecule has 0 spiro atoms. The van der Waals surface area contributed by atoms with Crippen LogP contribution in [-0.4, -0.2) is 24.5 Å². The number of piperidine rings is 1. The Morgan fingerprint density at radius 2 is 1.59 bits per heavy atom. The zero-order valence-electron chi connectivity index (χ0n) is 16.0. The summed E-state index contributed by atoms with van der Waals surface area (Å²) in [6.07, 6.45) is 9.93. The van der Waals surface area contributed by atoms with Gasteiger partial charge in [-0.05, 0) is 101 Å². The van der Waals surface area contributed by atoms with Gasteiger partial charge < -0.3 is 4.90 Å². The van der Waals surface area contributed by atoms with Crippen LogP contribution in [0.2, 0.25) is 0 Å². The first-order chi connectivity index (χ1) is 13.2. The first kappa shape index (κ1) is 17.7. The number of hydrogen-bond donors (Lipinski definition) is 0. The van der Waals surface area contributed by atoms with Crippen LogP contribution in [0.1, 0.15) is 53.5 Å². The Labute approximate surface area is 176 Å². The first-order valence-electron chi connectivity index (χ1n) is 10.2. The number of rotatable bonds is 2. The van der Waals surface area contributed by atoms with Crippen molar-refractivity contribution >= 4 is 40.3 Å². The van der Waals surface area contributed by atoms with Crippen LogP contribution in [0.4, 0.5) is 0 Å². The second kappa shape index (κ2) is 7.21. The monoisotopic (exact) mass is 467 g/mol. The van der Waals surface area contributed by atoms with Crippen LogP contribution in [0.15, 0.2) is 42.0 Å². The minimum atomic E-state index is 0.993. The van der Waals surface area contributed by atoms with E-state index in [2.05, 4.69) is 83.0 Å². The van der Waals surface area contributed by atoms with Crippen LogP contribution in [0.3, 0.4) is 0 Å². The zero-order valence-corrected chi connectivity index (χ0v) is 18.1. The molecule has 0 radical (unpaired) electrons. The van der Waals surface area contributed by atoms with Crippen molar-refractivity contribution in [3.05, 3.63) is 73.4 Å². The molecule has 0 amide bonds. The van der Waals surface area contributed by atoms with Gasteiger partial charge in [-0.15, -0.1) is 0 Å². The normalized spacial score (nSPS) is 19.6. The van der Waals surface area contributed by atoms with Crippen LogP contribution in [0.25, 0.3) is 17.7 Å². The molecule has 2 aromatic carbocycles. The Balaban J connectivity index is 1.60. The highest BCUT2D eigenvalue weighted by Gasteiger charge is 2.27. The lowest BCUT2D eigenvalue weighted by Gasteiger charge is -2.30. The maximum atomic E-state index is 2.70. The maximum absolute atomic E-state index is 2.70. The van der Waals surface area contributed by atoms with Crippen molar-refractivity contribution < 1.29 is 0 Å². The fourth-order valence-electron chi connectivity index (χ4n) is 4.55. The number of nitrogens with zero attached hydrogens (tertiary/aromatic N) is 1. The van der Waals surface area contributed by atoms with E-state index in [9.17, 15) is 0 Å². The van der Waals surface area contributed by atoms with Crippen molar-refractivity contribution in [1.82, 2.24) is 4.90 Å². The van der Waals surface area contributed by atoms with Gasteiger partial charge in [0.15, 0.2) is 0 Å². The third-order valence-corrected chi connectivity index (χ3v) is 6.90. The maximum Gasteiger partial charge on any atom is 0.0136 e. The predicted octanol–water partition coefficient (Wildman–Crippen LogP) is 6.39. The van der Waals surface area contributed by atoms with E-state index >= 15 is 0 Å². The van der Waals surface area contributed by atoms with Gasteiger partial charge in [-0.2, -0.15) is 0 Å². The van der Waals surface area contributed by atoms with Crippen molar-refractivity contribution in [2.45, 2.75) is 32.6 Å². The number of hydrogen-bond acceptors (Lipinski definition) is 1. The topological polar surface area (TPSA) is 3.24 Å². The van der Waals surface area contributed by atoms with Crippen LogP contribution in [0, 0.1) is 16.4 Å². The van der Waals surface area contributed by atoms with Crippen molar-refractivity contribution in [3.63, 3.8) is 0 Å². The fourth-order valence-corrected chi connectivity index (χ4v) is 5.04. The predicted molar refractivity (Wildman–Crippen MR) is 124 cm³/mol. The first-order valence-corrected chi connectivity index (χ1v) is 11.3. The summed E-state index contributed by atoms with van der Waals surface area (Å²) in [5.74, 6) is 0.993. The quantitative estimate of drug-likeness (QED) is 0.395. The Kier molecular flexibility index (Phi) is 4.73. The molecule has 1 saturated heterocycles. The van der Waals surface area contributed by atoms with Gasteiger partial charge in [-0.3, -0.25) is 0 Å². The molecule has 0 bridgehead atoms. The van der Waals surface area contributed by atoms with E-state index in [4.69, 9.17) is 0 Å². The molecule has 5 rings (SSSR count). The minimum absolute atomic E-state index is 0.993. The molecule has 27 heavy (non-hydrogen) atoms. The molecule has 138 valence electrons. The van der Waals surface area contributed by atoms with Crippen LogP contribution in [-0.2, 0) is 0 Å². The van der Waals surface area contributed by atoms with Crippen molar-refractivity contribution in [3.8, 4) is 0 Å². The summed E-state index contributed by atoms with van der Waals surface area (Å²) in [7, 11) is 0. The third-order valence-electron chi connectivity index (χ3n) is 6.23. The number of aryl methyl sites for hydroxylation is 1. The largest absolute Gasteiger partial charge is 0.302 e. The number of likely N-dealkylation sites (tertiary alicyclic amines) is 1. The molecule has 0 unspecified atom stereocenters. The molecule has 3 aliphatic rings. The highest BCUT2D eigenvalue weighted by atomic mass is 127. The molecular weight excluding hydrogens is 441 g/mol. The second-order valence-electron chi connectivity index (χ2n) is 8.38. The highest BCUT2D eigenvalue weighted by Crippen LogP contribution is 2.40. The SMILES string of the molecule is Cc1ccc2c(c1)C(=C1CCN(CC3CC3)CC1)c1cc(I)ccc1C=C2. The molecule has 0 N–H and O–H groups in total. The average molecular weight is 467 g/mol. The third kappa shape index (κ3) is 3.66. The van der Waals surface area contributed by atoms with Crippen molar-refractivity contribution in [2.75, 3.05) is 19.6 Å². The summed E-state index contributed by atoms with van der Waals surface area (Å²) in [6, 6.07) is 13.8. The van der Waals surface area contributed by atoms with Gasteiger partial charge in [-0.25, -0.2) is 0 Å². The van der Waals surface area contributed by atoms with Gasteiger partial charge in [0.05, 0.1) is 0 Å². The van der Waals surface area contributed by atoms with Gasteiger partial charge in [0.1, 0.15) is 0 Å². The van der Waals surface area contributed by atoms with E-state index in [1.54, 1.807) is 5.57 Å². The number of benzene rings is 2. The molecule has 2 heteroatoms. The fraction of sp³-hybridized carbons (Fsp3) is 0.360. The average Bonchev–Trinajstić information content (AvgIpc) is 3.49. The Morgan fingerprint density at radius 1 is 0.926 bits per heavy atom. The zero-order chi connectivity index (χ0) is 18.4. The summed E-state index contributed by atoms with van der Waals surface area (Å²) >= 11 is 2.45. The van der Waals surface area contributed by atoms with Crippen molar-refractivity contribution in [2.24, 2.45) is 5.92 Å². The standard InChI is InChI=1S/C25H26IN/c1-17-2-5-19-6-7-20-8-9-22(26)15-24(20)25(23(19)14-17)21-10-12-27(13-11-21)16-18-3-4-18/h2,5-9,14-15,18H,3-4,10-13,16H2,1H3. The van der Waals surface area contributed by atoms with Gasteiger partial charge >= 0.3 is 0 Å². The molecule has 2 aromatic rings. The molecule has 0 aromatic heterocycles. The number of fused-ring (bicyclic) bond motifs is 2. The lowest BCUT2D eigenvalue weighted by Crippen LogP contribution is -2.32. The van der Waals surface area contributed by atoms with Crippen molar-refractivity contribution in [1.29, 1.82) is 0 Å². The van der Waals surface area contributed by atoms with E-state index < -0.39 is 0 Å². The Bertz CT molecular complexity index is 881. The van der Waals surface area contributed by atoms with E-state index in [1.807, 2.05) is 0 Å². The molecule has 2 fully saturated rings. The van der Waals surface area contributed by atoms with Crippen LogP contribution >= 0.6 is 22.6 Å². The van der Waals surface area contributed by atoms with Crippen LogP contribution < -0.4 is 0 Å². The lowest BCUT2D eigenvalue weighted by molar-refractivity contribution is 0.247. The summed E-state index contributed by atoms with van der Waals surface area (Å²) in [4.78, 5) is 2.70. The van der Waals surface area contributed by atoms with Gasteiger partial charge in [-0.1, -0.05) is 47.6 Å². The lowest BCUT2D eigenvalue weighted by atomic mass is 9.85. The molecule has 1 saturated carbocycles. The summed E-state index contributed by atoms with van der Waals surface area (Å²) < 4.78 is 1.32. The molecule has 1 nitrogen and oxygen atoms in total. The van der Waals surface area contributed by atoms with E-state index in [0.717, 1.165) is 5.92 Å². The molecule has 1 heterocycles. The van der Waals surface area contributed by atoms with E-state index in [1.165, 1.54) is 82.3 Å². The summed E-state index contributed by atoms with van der Waals surface area (Å²) in [5, 5.41) is 0. The summed E-state index contributed by atoms with van der Waals surface area (Å²) in [6.45, 7) is 5.99. The summed E-state index contributed by atoms with van der Waals surface area (Å²) in [5.41, 5.74) is 10.1. The van der Waals surface area contributed by atoms with Crippen LogP contribution in [0.5, 0.6) is 0 Å². The molecule has 1 aliphatic heterocycles. The smallest absolute Gasteiger partial charge is 0.0136 e. The molecule has 0 atom stereocenters. The second-order valence-corrected chi connectivity index (χ2v) is 9.62. The number of halogens is 1. The van der Waals surface area contributed by atoms with E-state index in [-0.39, 0.29) is 0 Å². The van der Waals surface area contributed by atoms with Gasteiger partial charge in [0.25, 0.3) is 0 Å². The Morgan fingerprint density at radius 3 is 2.30 bits per heavy atom. The van der Waals surface area contributed by atoms with E-state index in [0.29, 0.717) is 0 Å². The highest BCUT2D eigenvalue weighted by molar-refractivity contribution is 14.1.